The maximum atomic E-state index is 13.9. The number of anilines is 1. The molecule has 2 atom stereocenters. The van der Waals surface area contributed by atoms with Crippen LogP contribution in [0.4, 0.5) is 5.69 Å². The zero-order valence-electron chi connectivity index (χ0n) is 19.0. The summed E-state index contributed by atoms with van der Waals surface area (Å²) in [6.45, 7) is 3.94. The van der Waals surface area contributed by atoms with Crippen molar-refractivity contribution in [3.63, 3.8) is 0 Å². The zero-order valence-corrected chi connectivity index (χ0v) is 19.7. The number of carbonyl (C=O) groups is 2. The molecule has 1 heterocycles. The predicted octanol–water partition coefficient (Wildman–Crippen LogP) is 6.06. The van der Waals surface area contributed by atoms with Crippen LogP contribution in [0, 0.1) is 0 Å². The number of hydrogen-bond donors (Lipinski definition) is 2. The van der Waals surface area contributed by atoms with Gasteiger partial charge in [0, 0.05) is 23.2 Å². The Morgan fingerprint density at radius 3 is 2.33 bits per heavy atom. The lowest BCUT2D eigenvalue weighted by Gasteiger charge is -2.36. The van der Waals surface area contributed by atoms with Gasteiger partial charge in [-0.05, 0) is 67.5 Å². The fourth-order valence-corrected chi connectivity index (χ4v) is 4.95. The first kappa shape index (κ1) is 23.1. The van der Waals surface area contributed by atoms with Gasteiger partial charge in [-0.25, -0.2) is 0 Å². The predicted molar refractivity (Wildman–Crippen MR) is 134 cm³/mol. The molecule has 170 valence electrons. The molecule has 4 nitrogen and oxygen atoms in total. The molecule has 2 amide bonds. The summed E-state index contributed by atoms with van der Waals surface area (Å²) in [6.07, 6.45) is 1.66. The second-order valence-corrected chi connectivity index (χ2v) is 9.42. The highest BCUT2D eigenvalue weighted by Crippen LogP contribution is 2.43. The molecule has 4 rings (SSSR count). The summed E-state index contributed by atoms with van der Waals surface area (Å²) < 4.78 is 0. The number of rotatable bonds is 7. The van der Waals surface area contributed by atoms with Crippen LogP contribution in [0.3, 0.4) is 0 Å². The first-order valence-electron chi connectivity index (χ1n) is 11.4. The normalized spacial score (nSPS) is 17.1. The number of nitrogens with one attached hydrogen (secondary N) is 2. The van der Waals surface area contributed by atoms with Gasteiger partial charge in [0.15, 0.2) is 0 Å². The Kier molecular flexibility index (Phi) is 6.85. The molecule has 0 aliphatic carbocycles. The molecular formula is C28H29ClN2O2. The number of hydrogen-bond acceptors (Lipinski definition) is 2. The van der Waals surface area contributed by atoms with Gasteiger partial charge in [-0.1, -0.05) is 72.3 Å². The fourth-order valence-electron chi connectivity index (χ4n) is 4.82. The zero-order chi connectivity index (χ0) is 23.4. The first-order valence-corrected chi connectivity index (χ1v) is 11.8. The van der Waals surface area contributed by atoms with E-state index in [0.29, 0.717) is 24.3 Å². The summed E-state index contributed by atoms with van der Waals surface area (Å²) in [5.74, 6) is 0.0129. The highest BCUT2D eigenvalue weighted by atomic mass is 35.5. The van der Waals surface area contributed by atoms with Crippen molar-refractivity contribution < 1.29 is 9.59 Å². The Morgan fingerprint density at radius 2 is 1.64 bits per heavy atom. The van der Waals surface area contributed by atoms with Gasteiger partial charge >= 0.3 is 0 Å². The second kappa shape index (κ2) is 9.80. The summed E-state index contributed by atoms with van der Waals surface area (Å²) >= 11 is 6.20. The van der Waals surface area contributed by atoms with Crippen molar-refractivity contribution in [1.82, 2.24) is 5.32 Å². The van der Waals surface area contributed by atoms with Crippen LogP contribution < -0.4 is 10.6 Å². The summed E-state index contributed by atoms with van der Waals surface area (Å²) in [5, 5.41) is 6.76. The van der Waals surface area contributed by atoms with E-state index in [2.05, 4.69) is 16.7 Å². The number of carbonyl (C=O) groups excluding carboxylic acids is 2. The van der Waals surface area contributed by atoms with Crippen molar-refractivity contribution in [1.29, 1.82) is 0 Å². The fraction of sp³-hybridized carbons (Fsp3) is 0.286. The Morgan fingerprint density at radius 1 is 1.00 bits per heavy atom. The van der Waals surface area contributed by atoms with E-state index in [0.717, 1.165) is 22.4 Å². The summed E-state index contributed by atoms with van der Waals surface area (Å²) in [4.78, 5) is 26.3. The average molecular weight is 461 g/mol. The summed E-state index contributed by atoms with van der Waals surface area (Å²) in [5.41, 5.74) is 2.91. The molecule has 0 spiro atoms. The maximum Gasteiger partial charge on any atom is 0.235 e. The molecule has 0 saturated heterocycles. The average Bonchev–Trinajstić information content (AvgIpc) is 2.80. The Balaban J connectivity index is 1.79. The van der Waals surface area contributed by atoms with Gasteiger partial charge < -0.3 is 10.6 Å². The Bertz CT molecular complexity index is 1130. The molecule has 1 aliphatic rings. The molecule has 33 heavy (non-hydrogen) atoms. The van der Waals surface area contributed by atoms with Crippen LogP contribution >= 0.6 is 11.6 Å². The van der Waals surface area contributed by atoms with Crippen molar-refractivity contribution in [2.45, 2.75) is 50.5 Å². The summed E-state index contributed by atoms with van der Waals surface area (Å²) in [6, 6.07) is 25.4. The topological polar surface area (TPSA) is 58.2 Å². The number of para-hydroxylation sites is 1. The smallest absolute Gasteiger partial charge is 0.235 e. The molecule has 0 fully saturated rings. The number of fused-ring (bicyclic) bond motifs is 1. The van der Waals surface area contributed by atoms with Gasteiger partial charge in [0.05, 0.1) is 5.41 Å². The minimum Gasteiger partial charge on any atom is -0.353 e. The van der Waals surface area contributed by atoms with Gasteiger partial charge in [-0.3, -0.25) is 9.59 Å². The van der Waals surface area contributed by atoms with Crippen LogP contribution in [0.5, 0.6) is 0 Å². The lowest BCUT2D eigenvalue weighted by Crippen LogP contribution is -2.48. The van der Waals surface area contributed by atoms with E-state index in [1.54, 1.807) is 0 Å². The molecular weight excluding hydrogens is 432 g/mol. The molecule has 0 saturated carbocycles. The highest BCUT2D eigenvalue weighted by Gasteiger charge is 2.43. The third kappa shape index (κ3) is 4.81. The van der Waals surface area contributed by atoms with Gasteiger partial charge in [0.2, 0.25) is 11.8 Å². The van der Waals surface area contributed by atoms with Crippen molar-refractivity contribution in [3.05, 3.63) is 101 Å². The van der Waals surface area contributed by atoms with Gasteiger partial charge in [-0.15, -0.1) is 0 Å². The van der Waals surface area contributed by atoms with Crippen molar-refractivity contribution in [2.24, 2.45) is 0 Å². The first-order chi connectivity index (χ1) is 15.9. The van der Waals surface area contributed by atoms with E-state index in [1.165, 1.54) is 0 Å². The maximum absolute atomic E-state index is 13.9. The molecule has 2 unspecified atom stereocenters. The largest absolute Gasteiger partial charge is 0.353 e. The number of benzene rings is 3. The molecule has 1 aliphatic heterocycles. The van der Waals surface area contributed by atoms with Crippen LogP contribution in [-0.2, 0) is 15.0 Å². The summed E-state index contributed by atoms with van der Waals surface area (Å²) in [7, 11) is 0. The molecule has 3 aromatic rings. The van der Waals surface area contributed by atoms with Crippen LogP contribution in [0.25, 0.3) is 0 Å². The number of amides is 2. The molecule has 2 N–H and O–H groups in total. The van der Waals surface area contributed by atoms with Crippen molar-refractivity contribution in [2.75, 3.05) is 5.32 Å². The molecule has 3 aromatic carbocycles. The van der Waals surface area contributed by atoms with Gasteiger partial charge in [0.25, 0.3) is 0 Å². The minimum absolute atomic E-state index is 0.00549. The van der Waals surface area contributed by atoms with Crippen LogP contribution in [0.15, 0.2) is 78.9 Å². The molecule has 0 radical (unpaired) electrons. The SMILES string of the molecule is CC(C)NC(=O)C(CCC1CC(=O)Nc2ccccc21)(c1ccccc1)c1ccc(Cl)cc1. The highest BCUT2D eigenvalue weighted by molar-refractivity contribution is 6.30. The van der Waals surface area contributed by atoms with E-state index < -0.39 is 5.41 Å². The van der Waals surface area contributed by atoms with Gasteiger partial charge in [0.1, 0.15) is 0 Å². The monoisotopic (exact) mass is 460 g/mol. The van der Waals surface area contributed by atoms with E-state index in [9.17, 15) is 9.59 Å². The molecule has 5 heteroatoms. The molecule has 0 bridgehead atoms. The van der Waals surface area contributed by atoms with E-state index in [1.807, 2.05) is 86.6 Å². The third-order valence-electron chi connectivity index (χ3n) is 6.39. The molecule has 0 aromatic heterocycles. The second-order valence-electron chi connectivity index (χ2n) is 8.98. The van der Waals surface area contributed by atoms with E-state index >= 15 is 0 Å². The van der Waals surface area contributed by atoms with Gasteiger partial charge in [-0.2, -0.15) is 0 Å². The number of halogens is 1. The lowest BCUT2D eigenvalue weighted by atomic mass is 9.68. The van der Waals surface area contributed by atoms with Crippen molar-refractivity contribution >= 4 is 29.1 Å². The van der Waals surface area contributed by atoms with Crippen LogP contribution in [0.1, 0.15) is 55.7 Å². The quantitative estimate of drug-likeness (QED) is 0.450. The van der Waals surface area contributed by atoms with Crippen molar-refractivity contribution in [3.8, 4) is 0 Å². The van der Waals surface area contributed by atoms with Crippen LogP contribution in [0.2, 0.25) is 5.02 Å². The Hall–Kier alpha value is -3.11. The van der Waals surface area contributed by atoms with E-state index in [4.69, 9.17) is 11.6 Å². The Labute approximate surface area is 200 Å². The lowest BCUT2D eigenvalue weighted by molar-refractivity contribution is -0.126. The minimum atomic E-state index is -0.904. The van der Waals surface area contributed by atoms with Crippen LogP contribution in [-0.4, -0.2) is 17.9 Å². The standard InChI is InChI=1S/C28H29ClN2O2/c1-19(2)30-27(33)28(21-8-4-3-5-9-21,22-12-14-23(29)15-13-22)17-16-20-18-26(32)31-25-11-7-6-10-24(20)25/h3-15,19-20H,16-18H2,1-2H3,(H,30,33)(H,31,32). The third-order valence-corrected chi connectivity index (χ3v) is 6.64. The van der Waals surface area contributed by atoms with E-state index in [-0.39, 0.29) is 23.8 Å².